The third kappa shape index (κ3) is 2.74. The zero-order chi connectivity index (χ0) is 17.4. The van der Waals surface area contributed by atoms with Crippen molar-refractivity contribution in [3.05, 3.63) is 71.3 Å². The summed E-state index contributed by atoms with van der Waals surface area (Å²) in [6, 6.07) is 9.72. The maximum absolute atomic E-state index is 13.1. The summed E-state index contributed by atoms with van der Waals surface area (Å²) in [4.78, 5) is 24.7. The van der Waals surface area contributed by atoms with Gasteiger partial charge in [0.25, 0.3) is 0 Å². The minimum Gasteiger partial charge on any atom is -0.385 e. The van der Waals surface area contributed by atoms with Crippen molar-refractivity contribution in [2.45, 2.75) is 18.1 Å². The highest BCUT2D eigenvalue weighted by molar-refractivity contribution is 6.05. The summed E-state index contributed by atoms with van der Waals surface area (Å²) in [6.45, 7) is 0. The molecule has 1 fully saturated rings. The monoisotopic (exact) mass is 332 g/mol. The van der Waals surface area contributed by atoms with Gasteiger partial charge in [0.15, 0.2) is 11.6 Å². The summed E-state index contributed by atoms with van der Waals surface area (Å²) in [5.74, 6) is -4.68. The maximum Gasteiger partial charge on any atom is 0.191 e. The van der Waals surface area contributed by atoms with Crippen molar-refractivity contribution in [2.75, 3.05) is 0 Å². The molecule has 1 saturated carbocycles. The predicted molar refractivity (Wildman–Crippen MR) is 80.4 cm³/mol. The van der Waals surface area contributed by atoms with Gasteiger partial charge < -0.3 is 10.2 Å². The topological polar surface area (TPSA) is 74.6 Å². The summed E-state index contributed by atoms with van der Waals surface area (Å²) in [5, 5.41) is 20.3. The molecule has 0 bridgehead atoms. The average Bonchev–Trinajstić information content (AvgIpc) is 2.80. The van der Waals surface area contributed by atoms with Crippen LogP contribution < -0.4 is 0 Å². The third-order valence-corrected chi connectivity index (χ3v) is 4.34. The molecule has 4 nitrogen and oxygen atoms in total. The minimum absolute atomic E-state index is 0.120. The van der Waals surface area contributed by atoms with Gasteiger partial charge in [0.2, 0.25) is 0 Å². The lowest BCUT2D eigenvalue weighted by molar-refractivity contribution is -0.131. The van der Waals surface area contributed by atoms with Crippen LogP contribution in [-0.2, 0) is 4.79 Å². The van der Waals surface area contributed by atoms with E-state index in [1.807, 2.05) is 0 Å². The Bertz CT molecular complexity index is 771. The van der Waals surface area contributed by atoms with Crippen molar-refractivity contribution in [1.82, 2.24) is 0 Å². The summed E-state index contributed by atoms with van der Waals surface area (Å²) in [7, 11) is 0. The van der Waals surface area contributed by atoms with Gasteiger partial charge in [-0.25, -0.2) is 8.78 Å². The van der Waals surface area contributed by atoms with Gasteiger partial charge in [0, 0.05) is 11.5 Å². The van der Waals surface area contributed by atoms with Gasteiger partial charge in [-0.1, -0.05) is 12.1 Å². The third-order valence-electron chi connectivity index (χ3n) is 4.34. The van der Waals surface area contributed by atoms with E-state index in [0.717, 1.165) is 24.3 Å². The molecule has 4 unspecified atom stereocenters. The lowest BCUT2D eigenvalue weighted by Gasteiger charge is -2.21. The number of aliphatic hydroxyl groups is 2. The first-order chi connectivity index (χ1) is 11.4. The predicted octanol–water partition coefficient (Wildman–Crippen LogP) is 1.85. The second-order valence-electron chi connectivity index (χ2n) is 5.77. The molecule has 0 aliphatic heterocycles. The molecule has 1 aliphatic rings. The van der Waals surface area contributed by atoms with Crippen molar-refractivity contribution in [1.29, 1.82) is 0 Å². The van der Waals surface area contributed by atoms with Crippen molar-refractivity contribution in [2.24, 2.45) is 5.92 Å². The molecule has 2 N–H and O–H groups in total. The Kier molecular flexibility index (Phi) is 4.26. The van der Waals surface area contributed by atoms with E-state index in [9.17, 15) is 28.6 Å². The van der Waals surface area contributed by atoms with Crippen LogP contribution in [0, 0.1) is 17.6 Å². The van der Waals surface area contributed by atoms with E-state index < -0.39 is 47.2 Å². The summed E-state index contributed by atoms with van der Waals surface area (Å²) >= 11 is 0. The summed E-state index contributed by atoms with van der Waals surface area (Å²) in [5.41, 5.74) is 0.490. The molecule has 2 aromatic rings. The standard InChI is InChI=1S/C18H14F2O4/c19-11-5-1-9(2-6-11)13-14(17(23)18(24)16(13)22)15(21)10-3-7-12(20)8-4-10/h1-8,13-14,16-17,22-23H. The first-order valence-electron chi connectivity index (χ1n) is 7.35. The Balaban J connectivity index is 2.01. The van der Waals surface area contributed by atoms with Gasteiger partial charge in [-0.2, -0.15) is 0 Å². The first kappa shape index (κ1) is 16.4. The SMILES string of the molecule is O=C1C(O)C(C(=O)c2ccc(F)cc2)C(c2ccc(F)cc2)C1O. The zero-order valence-electron chi connectivity index (χ0n) is 12.4. The second kappa shape index (κ2) is 6.22. The molecule has 2 aromatic carbocycles. The second-order valence-corrected chi connectivity index (χ2v) is 5.77. The Morgan fingerprint density at radius 2 is 1.33 bits per heavy atom. The Morgan fingerprint density at radius 1 is 0.833 bits per heavy atom. The lowest BCUT2D eigenvalue weighted by Crippen LogP contribution is -2.30. The van der Waals surface area contributed by atoms with Crippen LogP contribution in [0.25, 0.3) is 0 Å². The number of benzene rings is 2. The number of ketones is 2. The van der Waals surface area contributed by atoms with Gasteiger partial charge in [-0.05, 0) is 42.0 Å². The van der Waals surface area contributed by atoms with Gasteiger partial charge >= 0.3 is 0 Å². The first-order valence-corrected chi connectivity index (χ1v) is 7.35. The Hall–Kier alpha value is -2.44. The smallest absolute Gasteiger partial charge is 0.191 e. The fourth-order valence-electron chi connectivity index (χ4n) is 3.11. The van der Waals surface area contributed by atoms with Crippen LogP contribution in [-0.4, -0.2) is 34.0 Å². The molecule has 4 atom stereocenters. The number of hydrogen-bond acceptors (Lipinski definition) is 4. The van der Waals surface area contributed by atoms with Gasteiger partial charge in [0.05, 0.1) is 5.92 Å². The van der Waals surface area contributed by atoms with Crippen LogP contribution in [0.2, 0.25) is 0 Å². The van der Waals surface area contributed by atoms with E-state index in [4.69, 9.17) is 0 Å². The molecule has 0 saturated heterocycles. The number of halogens is 2. The molecule has 0 spiro atoms. The fraction of sp³-hybridized carbons (Fsp3) is 0.222. The molecule has 124 valence electrons. The Morgan fingerprint density at radius 3 is 1.88 bits per heavy atom. The number of carbonyl (C=O) groups is 2. The highest BCUT2D eigenvalue weighted by Crippen LogP contribution is 2.40. The molecule has 0 amide bonds. The molecule has 0 radical (unpaired) electrons. The number of aliphatic hydroxyl groups excluding tert-OH is 2. The van der Waals surface area contributed by atoms with Crippen LogP contribution in [0.1, 0.15) is 21.8 Å². The molecule has 0 aromatic heterocycles. The van der Waals surface area contributed by atoms with Crippen molar-refractivity contribution >= 4 is 11.6 Å². The summed E-state index contributed by atoms with van der Waals surface area (Å²) < 4.78 is 26.1. The summed E-state index contributed by atoms with van der Waals surface area (Å²) in [6.07, 6.45) is -3.24. The molecular formula is C18H14F2O4. The fourth-order valence-corrected chi connectivity index (χ4v) is 3.11. The van der Waals surface area contributed by atoms with Gasteiger partial charge in [-0.15, -0.1) is 0 Å². The van der Waals surface area contributed by atoms with E-state index in [1.54, 1.807) is 0 Å². The van der Waals surface area contributed by atoms with E-state index in [1.165, 1.54) is 24.3 Å². The number of Topliss-reactive ketones (excluding diaryl/α,β-unsaturated/α-hetero) is 2. The van der Waals surface area contributed by atoms with Crippen molar-refractivity contribution in [3.63, 3.8) is 0 Å². The molecule has 1 aliphatic carbocycles. The van der Waals surface area contributed by atoms with Crippen LogP contribution >= 0.6 is 0 Å². The number of rotatable bonds is 3. The van der Waals surface area contributed by atoms with Crippen LogP contribution in [0.5, 0.6) is 0 Å². The van der Waals surface area contributed by atoms with Gasteiger partial charge in [-0.3, -0.25) is 9.59 Å². The molecule has 6 heteroatoms. The number of carbonyl (C=O) groups excluding carboxylic acids is 2. The zero-order valence-corrected chi connectivity index (χ0v) is 12.4. The van der Waals surface area contributed by atoms with Gasteiger partial charge in [0.1, 0.15) is 23.8 Å². The quantitative estimate of drug-likeness (QED) is 0.841. The van der Waals surface area contributed by atoms with E-state index in [-0.39, 0.29) is 5.56 Å². The normalized spacial score (nSPS) is 26.6. The van der Waals surface area contributed by atoms with Crippen molar-refractivity contribution in [3.8, 4) is 0 Å². The van der Waals surface area contributed by atoms with Crippen LogP contribution in [0.3, 0.4) is 0 Å². The Labute approximate surface area is 136 Å². The molecule has 24 heavy (non-hydrogen) atoms. The highest BCUT2D eigenvalue weighted by Gasteiger charge is 2.52. The minimum atomic E-state index is -1.67. The lowest BCUT2D eigenvalue weighted by atomic mass is 9.82. The van der Waals surface area contributed by atoms with E-state index in [0.29, 0.717) is 5.56 Å². The highest BCUT2D eigenvalue weighted by atomic mass is 19.1. The maximum atomic E-state index is 13.1. The van der Waals surface area contributed by atoms with Crippen molar-refractivity contribution < 1.29 is 28.6 Å². The average molecular weight is 332 g/mol. The molecule has 3 rings (SSSR count). The largest absolute Gasteiger partial charge is 0.385 e. The van der Waals surface area contributed by atoms with E-state index >= 15 is 0 Å². The molecule has 0 heterocycles. The van der Waals surface area contributed by atoms with Crippen LogP contribution in [0.4, 0.5) is 8.78 Å². The van der Waals surface area contributed by atoms with Crippen LogP contribution in [0.15, 0.2) is 48.5 Å². The van der Waals surface area contributed by atoms with E-state index in [2.05, 4.69) is 0 Å². The number of hydrogen-bond donors (Lipinski definition) is 2. The molecular weight excluding hydrogens is 318 g/mol.